The lowest BCUT2D eigenvalue weighted by atomic mass is 9.67. The summed E-state index contributed by atoms with van der Waals surface area (Å²) in [6.07, 6.45) is 3.74. The molecule has 1 spiro atoms. The van der Waals surface area contributed by atoms with Gasteiger partial charge in [-0.25, -0.2) is 0 Å². The third-order valence-electron chi connectivity index (χ3n) is 14.6. The number of nitriles is 2. The van der Waals surface area contributed by atoms with E-state index in [1.54, 1.807) is 11.8 Å². The highest BCUT2D eigenvalue weighted by molar-refractivity contribution is 7.99. The Kier molecular flexibility index (Phi) is 7.65. The number of benzene rings is 8. The van der Waals surface area contributed by atoms with Crippen LogP contribution in [0.2, 0.25) is 0 Å². The van der Waals surface area contributed by atoms with Gasteiger partial charge in [0.1, 0.15) is 0 Å². The molecular weight excluding hydrogens is 863 g/mol. The van der Waals surface area contributed by atoms with E-state index in [4.69, 9.17) is 9.97 Å². The van der Waals surface area contributed by atoms with E-state index in [0.29, 0.717) is 11.1 Å². The molecule has 8 heteroatoms. The van der Waals surface area contributed by atoms with Crippen LogP contribution in [0.1, 0.15) is 33.4 Å². The molecule has 0 N–H and O–H groups in total. The first-order chi connectivity index (χ1) is 34.1. The number of fused-ring (bicyclic) bond motifs is 18. The average Bonchev–Trinajstić information content (AvgIpc) is 4.12. The van der Waals surface area contributed by atoms with Crippen molar-refractivity contribution in [3.63, 3.8) is 0 Å². The van der Waals surface area contributed by atoms with Gasteiger partial charge in [0.15, 0.2) is 0 Å². The number of pyridine rings is 2. The molecule has 8 aromatic carbocycles. The van der Waals surface area contributed by atoms with Gasteiger partial charge in [-0.05, 0) is 144 Å². The Morgan fingerprint density at radius 2 is 0.754 bits per heavy atom. The van der Waals surface area contributed by atoms with Crippen LogP contribution < -0.4 is 0 Å². The lowest BCUT2D eigenvalue weighted by Gasteiger charge is -2.39. The Balaban J connectivity index is 0.987. The maximum atomic E-state index is 9.95. The lowest BCUT2D eigenvalue weighted by Crippen LogP contribution is -2.32. The van der Waals surface area contributed by atoms with Gasteiger partial charge in [-0.15, -0.1) is 0 Å². The van der Waals surface area contributed by atoms with Crippen molar-refractivity contribution in [3.8, 4) is 40.6 Å². The predicted octanol–water partition coefficient (Wildman–Crippen LogP) is 14.3. The van der Waals surface area contributed by atoms with Crippen molar-refractivity contribution in [2.45, 2.75) is 15.2 Å². The molecule has 0 saturated carbocycles. The van der Waals surface area contributed by atoms with Gasteiger partial charge >= 0.3 is 0 Å². The van der Waals surface area contributed by atoms with E-state index in [0.717, 1.165) is 82.9 Å². The van der Waals surface area contributed by atoms with Crippen LogP contribution in [0.25, 0.3) is 93.9 Å². The summed E-state index contributed by atoms with van der Waals surface area (Å²) in [7, 11) is 0. The average molecular weight is 896 g/mol. The number of para-hydroxylation sites is 3. The first-order valence-corrected chi connectivity index (χ1v) is 23.7. The summed E-state index contributed by atoms with van der Waals surface area (Å²) in [6, 6.07) is 71.7. The molecule has 5 aromatic heterocycles. The maximum Gasteiger partial charge on any atom is 0.0991 e. The van der Waals surface area contributed by atoms with Crippen LogP contribution in [-0.2, 0) is 5.41 Å². The summed E-state index contributed by atoms with van der Waals surface area (Å²) < 4.78 is 7.09. The normalized spacial score (nSPS) is 13.2. The van der Waals surface area contributed by atoms with Gasteiger partial charge < -0.3 is 13.7 Å². The summed E-state index contributed by atoms with van der Waals surface area (Å²) in [5, 5.41) is 26.6. The Labute approximate surface area is 399 Å². The van der Waals surface area contributed by atoms with Gasteiger partial charge in [-0.1, -0.05) is 78.5 Å². The summed E-state index contributed by atoms with van der Waals surface area (Å²) in [4.78, 5) is 12.5. The largest absolute Gasteiger partial charge is 0.309 e. The highest BCUT2D eigenvalue weighted by Crippen LogP contribution is 2.62. The van der Waals surface area contributed by atoms with E-state index < -0.39 is 5.41 Å². The summed E-state index contributed by atoms with van der Waals surface area (Å²) in [6.45, 7) is 0. The quantitative estimate of drug-likeness (QED) is 0.176. The number of hydrogen-bond acceptors (Lipinski definition) is 5. The van der Waals surface area contributed by atoms with Crippen LogP contribution in [0.3, 0.4) is 0 Å². The molecule has 0 bridgehead atoms. The molecule has 7 nitrogen and oxygen atoms in total. The molecule has 6 heterocycles. The molecular formula is C61H33N7S. The van der Waals surface area contributed by atoms with E-state index in [9.17, 15) is 10.5 Å². The first kappa shape index (κ1) is 38.0. The number of nitrogens with zero attached hydrogens (tertiary/aromatic N) is 7. The molecule has 69 heavy (non-hydrogen) atoms. The third kappa shape index (κ3) is 5.00. The van der Waals surface area contributed by atoms with Crippen molar-refractivity contribution in [1.82, 2.24) is 23.7 Å². The molecule has 0 radical (unpaired) electrons. The topological polar surface area (TPSA) is 88.1 Å². The fourth-order valence-electron chi connectivity index (χ4n) is 11.9. The van der Waals surface area contributed by atoms with E-state index in [-0.39, 0.29) is 0 Å². The Bertz CT molecular complexity index is 4350. The van der Waals surface area contributed by atoms with Gasteiger partial charge in [-0.3, -0.25) is 9.97 Å². The predicted molar refractivity (Wildman–Crippen MR) is 276 cm³/mol. The second-order valence-corrected chi connectivity index (χ2v) is 19.0. The zero-order chi connectivity index (χ0) is 45.5. The highest BCUT2D eigenvalue weighted by atomic mass is 32.2. The number of aromatic nitrogens is 5. The molecule has 0 saturated heterocycles. The van der Waals surface area contributed by atoms with Crippen LogP contribution in [0.15, 0.2) is 210 Å². The summed E-state index contributed by atoms with van der Waals surface area (Å²) in [5.41, 5.74) is 16.3. The van der Waals surface area contributed by atoms with Crippen LogP contribution in [0, 0.1) is 22.7 Å². The first-order valence-electron chi connectivity index (χ1n) is 22.9. The zero-order valence-electron chi connectivity index (χ0n) is 36.6. The second-order valence-electron chi connectivity index (χ2n) is 18.0. The van der Waals surface area contributed by atoms with Gasteiger partial charge in [0.05, 0.1) is 73.2 Å². The molecule has 2 aliphatic rings. The fourth-order valence-corrected chi connectivity index (χ4v) is 13.0. The molecule has 0 atom stereocenters. The van der Waals surface area contributed by atoms with Gasteiger partial charge in [-0.2, -0.15) is 10.5 Å². The monoisotopic (exact) mass is 895 g/mol. The van der Waals surface area contributed by atoms with Crippen molar-refractivity contribution in [2.75, 3.05) is 0 Å². The van der Waals surface area contributed by atoms with Crippen molar-refractivity contribution in [3.05, 3.63) is 234 Å². The van der Waals surface area contributed by atoms with Crippen LogP contribution in [-0.4, -0.2) is 23.7 Å². The number of rotatable bonds is 3. The Hall–Kier alpha value is -9.21. The molecule has 1 aliphatic carbocycles. The molecule has 0 amide bonds. The molecule has 13 aromatic rings. The molecule has 0 unspecified atom stereocenters. The second kappa shape index (κ2) is 13.9. The van der Waals surface area contributed by atoms with Crippen LogP contribution >= 0.6 is 11.8 Å². The molecule has 15 rings (SSSR count). The van der Waals surface area contributed by atoms with Crippen molar-refractivity contribution >= 4 is 77.2 Å². The lowest BCUT2D eigenvalue weighted by molar-refractivity contribution is 0.717. The summed E-state index contributed by atoms with van der Waals surface area (Å²) >= 11 is 1.80. The van der Waals surface area contributed by atoms with E-state index in [1.807, 2.05) is 48.8 Å². The zero-order valence-corrected chi connectivity index (χ0v) is 37.4. The summed E-state index contributed by atoms with van der Waals surface area (Å²) in [5.74, 6) is 0. The highest BCUT2D eigenvalue weighted by Gasteiger charge is 2.52. The minimum Gasteiger partial charge on any atom is -0.309 e. The molecule has 0 fully saturated rings. The van der Waals surface area contributed by atoms with Crippen molar-refractivity contribution < 1.29 is 0 Å². The number of hydrogen-bond donors (Lipinski definition) is 0. The Morgan fingerprint density at radius 1 is 0.362 bits per heavy atom. The molecule has 318 valence electrons. The van der Waals surface area contributed by atoms with Gasteiger partial charge in [0.2, 0.25) is 0 Å². The smallest absolute Gasteiger partial charge is 0.0991 e. The fraction of sp³-hybridized carbons (Fsp3) is 0.0164. The van der Waals surface area contributed by atoms with Crippen molar-refractivity contribution in [2.24, 2.45) is 0 Å². The van der Waals surface area contributed by atoms with E-state index in [1.165, 1.54) is 43.0 Å². The van der Waals surface area contributed by atoms with Crippen molar-refractivity contribution in [1.29, 1.82) is 10.5 Å². The van der Waals surface area contributed by atoms with Crippen LogP contribution in [0.5, 0.6) is 0 Å². The maximum absolute atomic E-state index is 9.95. The minimum absolute atomic E-state index is 0.572. The Morgan fingerprint density at radius 3 is 1.23 bits per heavy atom. The van der Waals surface area contributed by atoms with Gasteiger partial charge in [0.25, 0.3) is 0 Å². The third-order valence-corrected chi connectivity index (χ3v) is 15.8. The van der Waals surface area contributed by atoms with Gasteiger partial charge in [0, 0.05) is 71.6 Å². The SMILES string of the molecule is N#Cc1ccc2c(c1)c1cc(C#N)ccc1n2-c1ccc2c(c1)C1(c3cc(-n4c5ccccc5c5cc(-n6c7ccccc7c7ccccc76)ccc54)ccc3S2)c2cccnc2-c2ncccc21. The van der Waals surface area contributed by atoms with Crippen LogP contribution in [0.4, 0.5) is 0 Å². The standard InChI is InChI=1S/C61H33N7S/c62-34-36-17-22-54-44(29-36)45-30-37(35-63)18-23-55(45)68(54)40-21-26-58-50(33-40)61(47-12-7-27-64-59(47)60-48(61)13-8-28-65-60)49-32-39(20-25-57(49)69-58)67-53-16-6-3-11-43(53)46-31-38(19-24-56(46)67)66-51-14-4-1-9-41(51)42-10-2-5-15-52(42)66/h1-33H. The van der Waals surface area contributed by atoms with E-state index in [2.05, 4.69) is 177 Å². The molecule has 1 aliphatic heterocycles. The minimum atomic E-state index is -0.779. The van der Waals surface area contributed by atoms with E-state index >= 15 is 0 Å².